The molecule has 19 heavy (non-hydrogen) atoms. The second-order valence-electron chi connectivity index (χ2n) is 5.12. The summed E-state index contributed by atoms with van der Waals surface area (Å²) in [5.74, 6) is 0. The molecule has 0 spiro atoms. The van der Waals surface area contributed by atoms with E-state index < -0.39 is 10.2 Å². The monoisotopic (exact) mass is 285 g/mol. The van der Waals surface area contributed by atoms with Crippen molar-refractivity contribution >= 4 is 15.9 Å². The normalized spacial score (nSPS) is 12.6. The van der Waals surface area contributed by atoms with Crippen molar-refractivity contribution in [3.05, 3.63) is 29.8 Å². The van der Waals surface area contributed by atoms with Crippen molar-refractivity contribution in [3.8, 4) is 0 Å². The number of anilines is 1. The number of para-hydroxylation sites is 1. The maximum atomic E-state index is 12.3. The zero-order valence-electron chi connectivity index (χ0n) is 11.9. The quantitative estimate of drug-likeness (QED) is 0.781. The Hall–Kier alpha value is -1.11. The topological polar surface area (TPSA) is 75.4 Å². The molecule has 0 bridgehead atoms. The average Bonchev–Trinajstić information content (AvgIpc) is 2.25. The molecule has 0 saturated carbocycles. The van der Waals surface area contributed by atoms with E-state index in [9.17, 15) is 8.42 Å². The number of nitrogens with two attached hydrogens (primary N) is 1. The molecule has 0 atom stereocenters. The van der Waals surface area contributed by atoms with Gasteiger partial charge in [0.1, 0.15) is 0 Å². The lowest BCUT2D eigenvalue weighted by molar-refractivity contribution is 0.340. The van der Waals surface area contributed by atoms with Crippen LogP contribution >= 0.6 is 0 Å². The summed E-state index contributed by atoms with van der Waals surface area (Å²) >= 11 is 0. The van der Waals surface area contributed by atoms with Gasteiger partial charge >= 0.3 is 0 Å². The Morgan fingerprint density at radius 1 is 1.21 bits per heavy atom. The van der Waals surface area contributed by atoms with E-state index in [-0.39, 0.29) is 18.6 Å². The number of nitrogens with zero attached hydrogens (tertiary/aromatic N) is 1. The summed E-state index contributed by atoms with van der Waals surface area (Å²) in [5, 5.41) is 0. The lowest BCUT2D eigenvalue weighted by Gasteiger charge is -2.27. The molecule has 0 unspecified atom stereocenters. The Morgan fingerprint density at radius 2 is 1.79 bits per heavy atom. The zero-order chi connectivity index (χ0) is 14.6. The van der Waals surface area contributed by atoms with E-state index in [1.807, 2.05) is 32.0 Å². The number of rotatable bonds is 6. The predicted octanol–water partition coefficient (Wildman–Crippen LogP) is 1.72. The second kappa shape index (κ2) is 6.36. The van der Waals surface area contributed by atoms with Crippen molar-refractivity contribution < 1.29 is 8.42 Å². The van der Waals surface area contributed by atoms with Crippen molar-refractivity contribution in [2.45, 2.75) is 46.3 Å². The van der Waals surface area contributed by atoms with Gasteiger partial charge in [0, 0.05) is 24.3 Å². The molecule has 0 aliphatic carbocycles. The molecule has 0 fully saturated rings. The first-order chi connectivity index (χ1) is 8.74. The number of hydrogen-bond acceptors (Lipinski definition) is 3. The van der Waals surface area contributed by atoms with Crippen LogP contribution in [0.3, 0.4) is 0 Å². The van der Waals surface area contributed by atoms with E-state index in [1.165, 1.54) is 4.31 Å². The van der Waals surface area contributed by atoms with Gasteiger partial charge in [-0.25, -0.2) is 0 Å². The smallest absolute Gasteiger partial charge is 0.280 e. The molecule has 0 amide bonds. The maximum Gasteiger partial charge on any atom is 0.280 e. The molecule has 0 saturated heterocycles. The third-order valence-electron chi connectivity index (χ3n) is 2.65. The average molecular weight is 285 g/mol. The standard InChI is InChI=1S/C13H23N3O2S/c1-10(2)15-19(17,18)16(11(3)4)9-12-7-5-6-8-13(12)14/h5-8,10-11,15H,9,14H2,1-4H3. The van der Waals surface area contributed by atoms with Crippen LogP contribution in [0.2, 0.25) is 0 Å². The summed E-state index contributed by atoms with van der Waals surface area (Å²) in [7, 11) is -3.51. The number of nitrogens with one attached hydrogen (secondary N) is 1. The van der Waals surface area contributed by atoms with E-state index in [0.717, 1.165) is 5.56 Å². The van der Waals surface area contributed by atoms with Gasteiger partial charge in [0.15, 0.2) is 0 Å². The highest BCUT2D eigenvalue weighted by Gasteiger charge is 2.26. The number of benzene rings is 1. The van der Waals surface area contributed by atoms with E-state index in [0.29, 0.717) is 5.69 Å². The van der Waals surface area contributed by atoms with Crippen LogP contribution in [0.4, 0.5) is 5.69 Å². The fourth-order valence-electron chi connectivity index (χ4n) is 1.76. The lowest BCUT2D eigenvalue weighted by Crippen LogP contribution is -2.46. The number of hydrogen-bond donors (Lipinski definition) is 2. The molecule has 6 heteroatoms. The predicted molar refractivity (Wildman–Crippen MR) is 78.7 cm³/mol. The van der Waals surface area contributed by atoms with Crippen LogP contribution in [-0.4, -0.2) is 24.8 Å². The fraction of sp³-hybridized carbons (Fsp3) is 0.538. The Bertz CT molecular complexity index is 512. The zero-order valence-corrected chi connectivity index (χ0v) is 12.7. The van der Waals surface area contributed by atoms with Crippen molar-refractivity contribution in [1.82, 2.24) is 9.03 Å². The summed E-state index contributed by atoms with van der Waals surface area (Å²) in [6.45, 7) is 7.56. The molecule has 0 heterocycles. The van der Waals surface area contributed by atoms with Crippen molar-refractivity contribution in [2.24, 2.45) is 0 Å². The van der Waals surface area contributed by atoms with Gasteiger partial charge < -0.3 is 5.73 Å². The maximum absolute atomic E-state index is 12.3. The Labute approximate surface area is 116 Å². The largest absolute Gasteiger partial charge is 0.398 e. The van der Waals surface area contributed by atoms with Gasteiger partial charge in [-0.3, -0.25) is 0 Å². The molecule has 108 valence electrons. The highest BCUT2D eigenvalue weighted by atomic mass is 32.2. The van der Waals surface area contributed by atoms with Crippen LogP contribution < -0.4 is 10.5 Å². The molecule has 0 aromatic heterocycles. The first kappa shape index (κ1) is 15.9. The van der Waals surface area contributed by atoms with E-state index >= 15 is 0 Å². The van der Waals surface area contributed by atoms with Crippen LogP contribution in [0.25, 0.3) is 0 Å². The van der Waals surface area contributed by atoms with Gasteiger partial charge in [0.25, 0.3) is 10.2 Å². The highest BCUT2D eigenvalue weighted by molar-refractivity contribution is 7.87. The van der Waals surface area contributed by atoms with Crippen LogP contribution in [0, 0.1) is 0 Å². The fourth-order valence-corrected chi connectivity index (χ4v) is 3.35. The summed E-state index contributed by atoms with van der Waals surface area (Å²) < 4.78 is 28.6. The van der Waals surface area contributed by atoms with Crippen LogP contribution in [-0.2, 0) is 16.8 Å². The molecule has 1 aromatic rings. The summed E-state index contributed by atoms with van der Waals surface area (Å²) in [5.41, 5.74) is 7.29. The van der Waals surface area contributed by atoms with Crippen LogP contribution in [0.5, 0.6) is 0 Å². The third kappa shape index (κ3) is 4.49. The van der Waals surface area contributed by atoms with Crippen molar-refractivity contribution in [3.63, 3.8) is 0 Å². The molecule has 3 N–H and O–H groups in total. The SMILES string of the molecule is CC(C)NS(=O)(=O)N(Cc1ccccc1N)C(C)C. The molecule has 0 radical (unpaired) electrons. The molecule has 0 aliphatic rings. The summed E-state index contributed by atoms with van der Waals surface area (Å²) in [4.78, 5) is 0. The molecule has 1 aromatic carbocycles. The Kier molecular flexibility index (Phi) is 5.34. The van der Waals surface area contributed by atoms with Crippen molar-refractivity contribution in [1.29, 1.82) is 0 Å². The van der Waals surface area contributed by atoms with E-state index in [1.54, 1.807) is 19.9 Å². The third-order valence-corrected chi connectivity index (χ3v) is 4.59. The summed E-state index contributed by atoms with van der Waals surface area (Å²) in [6, 6.07) is 7.02. The first-order valence-electron chi connectivity index (χ1n) is 6.36. The second-order valence-corrected chi connectivity index (χ2v) is 6.77. The highest BCUT2D eigenvalue weighted by Crippen LogP contribution is 2.17. The Balaban J connectivity index is 3.00. The Morgan fingerprint density at radius 3 is 2.26 bits per heavy atom. The number of nitrogen functional groups attached to an aromatic ring is 1. The van der Waals surface area contributed by atoms with Gasteiger partial charge in [0.2, 0.25) is 0 Å². The van der Waals surface area contributed by atoms with Crippen molar-refractivity contribution in [2.75, 3.05) is 5.73 Å². The molecule has 1 rings (SSSR count). The minimum absolute atomic E-state index is 0.139. The molecular weight excluding hydrogens is 262 g/mol. The minimum Gasteiger partial charge on any atom is -0.398 e. The van der Waals surface area contributed by atoms with Gasteiger partial charge in [-0.05, 0) is 39.3 Å². The first-order valence-corrected chi connectivity index (χ1v) is 7.80. The summed E-state index contributed by atoms with van der Waals surface area (Å²) in [6.07, 6.45) is 0. The minimum atomic E-state index is -3.51. The molecular formula is C13H23N3O2S. The van der Waals surface area contributed by atoms with Gasteiger partial charge in [-0.2, -0.15) is 17.4 Å². The van der Waals surface area contributed by atoms with Crippen LogP contribution in [0.15, 0.2) is 24.3 Å². The van der Waals surface area contributed by atoms with E-state index in [4.69, 9.17) is 5.73 Å². The molecule has 5 nitrogen and oxygen atoms in total. The van der Waals surface area contributed by atoms with E-state index in [2.05, 4.69) is 4.72 Å². The lowest BCUT2D eigenvalue weighted by atomic mass is 10.2. The van der Waals surface area contributed by atoms with Crippen LogP contribution in [0.1, 0.15) is 33.3 Å². The molecule has 0 aliphatic heterocycles. The van der Waals surface area contributed by atoms with Gasteiger partial charge in [-0.15, -0.1) is 0 Å². The van der Waals surface area contributed by atoms with Gasteiger partial charge in [-0.1, -0.05) is 18.2 Å². The van der Waals surface area contributed by atoms with Gasteiger partial charge in [0.05, 0.1) is 0 Å².